The van der Waals surface area contributed by atoms with Crippen molar-refractivity contribution in [2.45, 2.75) is 74.2 Å². The summed E-state index contributed by atoms with van der Waals surface area (Å²) >= 11 is 5.89. The van der Waals surface area contributed by atoms with Crippen LogP contribution in [0.15, 0.2) is 59.8 Å². The van der Waals surface area contributed by atoms with Gasteiger partial charge in [0.1, 0.15) is 29.1 Å². The normalized spacial score (nSPS) is 20.2. The summed E-state index contributed by atoms with van der Waals surface area (Å²) in [7, 11) is 0.295. The average Bonchev–Trinajstić information content (AvgIpc) is 3.49. The van der Waals surface area contributed by atoms with Crippen molar-refractivity contribution in [1.82, 2.24) is 29.4 Å². The van der Waals surface area contributed by atoms with Crippen LogP contribution in [-0.2, 0) is 27.1 Å². The highest BCUT2D eigenvalue weighted by Crippen LogP contribution is 2.32. The zero-order chi connectivity index (χ0) is 36.2. The summed E-state index contributed by atoms with van der Waals surface area (Å²) in [6, 6.07) is 13.7. The van der Waals surface area contributed by atoms with Crippen LogP contribution in [0.25, 0.3) is 0 Å². The van der Waals surface area contributed by atoms with Crippen molar-refractivity contribution in [3.63, 3.8) is 0 Å². The van der Waals surface area contributed by atoms with Gasteiger partial charge in [0.25, 0.3) is 5.91 Å². The number of hydrogen-bond donors (Lipinski definition) is 2. The Balaban J connectivity index is 0.845. The van der Waals surface area contributed by atoms with Crippen LogP contribution in [0.4, 0.5) is 11.6 Å². The lowest BCUT2D eigenvalue weighted by Crippen LogP contribution is -2.59. The van der Waals surface area contributed by atoms with Crippen LogP contribution in [0.3, 0.4) is 0 Å². The Labute approximate surface area is 311 Å². The SMILES string of the molecule is CNC(=O)CCC(C=O)N1Cc2cc(N3CCC(N4CC(Oc5cccc(S(=O)N6CCC(Nc7ncc(Cl)cn7)CC6)c5)C4)CC3)ccc2C1=O. The fraction of sp³-hybridized carbons (Fsp3) is 0.486. The zero-order valence-electron chi connectivity index (χ0n) is 29.3. The molecule has 0 aliphatic carbocycles. The van der Waals surface area contributed by atoms with Crippen molar-refractivity contribution < 1.29 is 23.3 Å². The molecule has 0 bridgehead atoms. The van der Waals surface area contributed by atoms with E-state index in [1.807, 2.05) is 40.7 Å². The highest BCUT2D eigenvalue weighted by Gasteiger charge is 2.37. The van der Waals surface area contributed by atoms with Crippen molar-refractivity contribution in [1.29, 1.82) is 0 Å². The van der Waals surface area contributed by atoms with Gasteiger partial charge in [-0.3, -0.25) is 14.5 Å². The molecule has 3 saturated heterocycles. The summed E-state index contributed by atoms with van der Waals surface area (Å²) < 4.78 is 21.8. The Bertz CT molecular complexity index is 1780. The topological polar surface area (TPSA) is 140 Å². The summed E-state index contributed by atoms with van der Waals surface area (Å²) in [4.78, 5) is 52.3. The first-order chi connectivity index (χ1) is 25.3. The van der Waals surface area contributed by atoms with E-state index in [0.717, 1.165) is 80.0 Å². The number of aromatic nitrogens is 2. The number of halogens is 1. The van der Waals surface area contributed by atoms with Crippen molar-refractivity contribution in [2.75, 3.05) is 56.5 Å². The Morgan fingerprint density at radius 1 is 1.06 bits per heavy atom. The van der Waals surface area contributed by atoms with E-state index in [4.69, 9.17) is 16.3 Å². The monoisotopic (exact) mass is 748 g/mol. The molecule has 3 aromatic rings. The van der Waals surface area contributed by atoms with Crippen molar-refractivity contribution in [3.05, 3.63) is 71.0 Å². The van der Waals surface area contributed by atoms with Crippen LogP contribution in [0, 0.1) is 0 Å². The molecule has 13 nitrogen and oxygen atoms in total. The largest absolute Gasteiger partial charge is 0.488 e. The molecule has 2 atom stereocenters. The van der Waals surface area contributed by atoms with Gasteiger partial charge in [0, 0.05) is 82.6 Å². The highest BCUT2D eigenvalue weighted by molar-refractivity contribution is 7.82. The third kappa shape index (κ3) is 8.25. The molecule has 2 unspecified atom stereocenters. The number of nitrogens with zero attached hydrogens (tertiary/aromatic N) is 6. The zero-order valence-corrected chi connectivity index (χ0v) is 30.9. The van der Waals surface area contributed by atoms with Crippen LogP contribution in [0.5, 0.6) is 5.75 Å². The van der Waals surface area contributed by atoms with Crippen LogP contribution >= 0.6 is 11.6 Å². The lowest BCUT2D eigenvalue weighted by atomic mass is 9.97. The summed E-state index contributed by atoms with van der Waals surface area (Å²) in [5.74, 6) is 1.01. The predicted octanol–water partition coefficient (Wildman–Crippen LogP) is 3.51. The molecule has 4 aliphatic rings. The molecule has 2 amide bonds. The van der Waals surface area contributed by atoms with Crippen LogP contribution in [-0.4, -0.2) is 117 Å². The first-order valence-corrected chi connectivity index (χ1v) is 19.5. The number of ether oxygens (including phenoxy) is 1. The van der Waals surface area contributed by atoms with E-state index in [9.17, 15) is 18.6 Å². The number of fused-ring (bicyclic) bond motifs is 1. The highest BCUT2D eigenvalue weighted by atomic mass is 35.5. The fourth-order valence-corrected chi connectivity index (χ4v) is 8.91. The predicted molar refractivity (Wildman–Crippen MR) is 199 cm³/mol. The van der Waals surface area contributed by atoms with E-state index < -0.39 is 17.0 Å². The van der Waals surface area contributed by atoms with E-state index in [2.05, 4.69) is 36.5 Å². The summed E-state index contributed by atoms with van der Waals surface area (Å²) in [6.07, 6.45) is 8.27. The number of piperidine rings is 2. The van der Waals surface area contributed by atoms with Crippen LogP contribution in [0.1, 0.15) is 54.4 Å². The number of carbonyl (C=O) groups is 3. The third-order valence-corrected chi connectivity index (χ3v) is 12.3. The number of anilines is 2. The van der Waals surface area contributed by atoms with Crippen LogP contribution < -0.4 is 20.3 Å². The molecule has 2 N–H and O–H groups in total. The molecule has 1 aromatic heterocycles. The molecule has 0 saturated carbocycles. The third-order valence-electron chi connectivity index (χ3n) is 10.6. The molecule has 0 spiro atoms. The van der Waals surface area contributed by atoms with Gasteiger partial charge in [-0.1, -0.05) is 17.7 Å². The molecule has 7 rings (SSSR count). The molecule has 5 heterocycles. The van der Waals surface area contributed by atoms with Gasteiger partial charge >= 0.3 is 0 Å². The average molecular weight is 749 g/mol. The molecule has 0 radical (unpaired) electrons. The smallest absolute Gasteiger partial charge is 0.255 e. The van der Waals surface area contributed by atoms with Gasteiger partial charge in [-0.05, 0) is 74.1 Å². The molecular formula is C37H45ClN8O5S. The standard InChI is InChI=1S/C37H45ClN8O5S/c1-39-35(48)8-6-30(24-47)46-21-25-17-29(5-7-34(25)36(46)49)43-13-11-28(12-14-43)44-22-32(23-44)51-31-3-2-4-33(18-31)52(50)45-15-9-27(10-16-45)42-37-40-19-26(38)20-41-37/h2-5,7,17-20,24,27-28,30,32H,6,8-16,21-23H2,1H3,(H,39,48)(H,40,41,42). The molecule has 52 heavy (non-hydrogen) atoms. The lowest BCUT2D eigenvalue weighted by Gasteiger charge is -2.47. The molecule has 2 aromatic carbocycles. The van der Waals surface area contributed by atoms with Gasteiger partial charge in [0.05, 0.1) is 28.4 Å². The van der Waals surface area contributed by atoms with E-state index in [1.54, 1.807) is 24.3 Å². The van der Waals surface area contributed by atoms with Gasteiger partial charge in [0.2, 0.25) is 11.9 Å². The van der Waals surface area contributed by atoms with Crippen LogP contribution in [0.2, 0.25) is 5.02 Å². The minimum Gasteiger partial charge on any atom is -0.488 e. The van der Waals surface area contributed by atoms with Crippen molar-refractivity contribution in [3.8, 4) is 5.75 Å². The van der Waals surface area contributed by atoms with Crippen molar-refractivity contribution >= 4 is 52.3 Å². The number of rotatable bonds is 13. The van der Waals surface area contributed by atoms with Gasteiger partial charge in [-0.15, -0.1) is 0 Å². The Hall–Kier alpha value is -4.11. The first-order valence-electron chi connectivity index (χ1n) is 18.0. The Morgan fingerprint density at radius 3 is 2.52 bits per heavy atom. The van der Waals surface area contributed by atoms with Gasteiger partial charge in [0.15, 0.2) is 0 Å². The minimum atomic E-state index is -1.27. The number of likely N-dealkylation sites (tertiary alicyclic amines) is 1. The van der Waals surface area contributed by atoms with E-state index in [0.29, 0.717) is 48.6 Å². The molecule has 3 fully saturated rings. The van der Waals surface area contributed by atoms with Crippen molar-refractivity contribution in [2.24, 2.45) is 0 Å². The lowest BCUT2D eigenvalue weighted by molar-refractivity contribution is -0.121. The number of carbonyl (C=O) groups excluding carboxylic acids is 3. The summed E-state index contributed by atoms with van der Waals surface area (Å²) in [5, 5.41) is 6.42. The maximum Gasteiger partial charge on any atom is 0.255 e. The second kappa shape index (κ2) is 16.3. The number of aldehydes is 1. The Morgan fingerprint density at radius 2 is 1.81 bits per heavy atom. The summed E-state index contributed by atoms with van der Waals surface area (Å²) in [5.41, 5.74) is 2.65. The maximum atomic E-state index is 13.5. The number of benzene rings is 2. The van der Waals surface area contributed by atoms with E-state index in [-0.39, 0.29) is 30.4 Å². The molecule has 15 heteroatoms. The first kappa shape index (κ1) is 36.3. The second-order valence-electron chi connectivity index (χ2n) is 13.9. The molecule has 4 aliphatic heterocycles. The maximum absolute atomic E-state index is 13.5. The van der Waals surface area contributed by atoms with E-state index >= 15 is 0 Å². The summed E-state index contributed by atoms with van der Waals surface area (Å²) in [6.45, 7) is 5.35. The number of amides is 2. The minimum absolute atomic E-state index is 0.0994. The number of nitrogens with one attached hydrogen (secondary N) is 2. The molecular weight excluding hydrogens is 704 g/mol. The second-order valence-corrected chi connectivity index (χ2v) is 15.8. The van der Waals surface area contributed by atoms with Gasteiger partial charge in [-0.25, -0.2) is 18.5 Å². The van der Waals surface area contributed by atoms with Gasteiger partial charge in [-0.2, -0.15) is 0 Å². The quantitative estimate of drug-likeness (QED) is 0.250. The van der Waals surface area contributed by atoms with Gasteiger partial charge < -0.3 is 30.0 Å². The number of hydrogen-bond acceptors (Lipinski definition) is 10. The molecule has 276 valence electrons. The Kier molecular flexibility index (Phi) is 11.3. The fourth-order valence-electron chi connectivity index (χ4n) is 7.56. The van der Waals surface area contributed by atoms with E-state index in [1.165, 1.54) is 0 Å².